The molecule has 0 unspecified atom stereocenters. The summed E-state index contributed by atoms with van der Waals surface area (Å²) < 4.78 is 5.79. The first-order valence-corrected chi connectivity index (χ1v) is 10.4. The number of ether oxygens (including phenoxy) is 1. The number of nitrogens with zero attached hydrogens (tertiary/aromatic N) is 2. The summed E-state index contributed by atoms with van der Waals surface area (Å²) in [7, 11) is 4.18. The van der Waals surface area contributed by atoms with Gasteiger partial charge in [-0.15, -0.1) is 0 Å². The highest BCUT2D eigenvalue weighted by Crippen LogP contribution is 2.12. The van der Waals surface area contributed by atoms with Gasteiger partial charge in [0.1, 0.15) is 5.75 Å². The van der Waals surface area contributed by atoms with Crippen LogP contribution in [0.1, 0.15) is 51.5 Å². The molecule has 0 aliphatic carbocycles. The third-order valence-corrected chi connectivity index (χ3v) is 4.53. The predicted octanol–water partition coefficient (Wildman–Crippen LogP) is 4.01. The van der Waals surface area contributed by atoms with E-state index in [0.717, 1.165) is 45.0 Å². The van der Waals surface area contributed by atoms with Crippen LogP contribution in [0, 0.1) is 0 Å². The summed E-state index contributed by atoms with van der Waals surface area (Å²) in [5, 5.41) is 3.58. The topological polar surface area (TPSA) is 27.7 Å². The Morgan fingerprint density at radius 1 is 0.846 bits per heavy atom. The summed E-state index contributed by atoms with van der Waals surface area (Å²) >= 11 is 0. The molecule has 4 nitrogen and oxygen atoms in total. The molecule has 0 spiro atoms. The van der Waals surface area contributed by atoms with Gasteiger partial charge >= 0.3 is 0 Å². The van der Waals surface area contributed by atoms with E-state index in [-0.39, 0.29) is 0 Å². The zero-order chi connectivity index (χ0) is 19.0. The van der Waals surface area contributed by atoms with E-state index in [4.69, 9.17) is 4.74 Å². The molecule has 26 heavy (non-hydrogen) atoms. The number of benzene rings is 1. The van der Waals surface area contributed by atoms with E-state index >= 15 is 0 Å². The summed E-state index contributed by atoms with van der Waals surface area (Å²) in [4.78, 5) is 4.79. The molecule has 0 aliphatic heterocycles. The van der Waals surface area contributed by atoms with Crippen LogP contribution >= 0.6 is 0 Å². The summed E-state index contributed by atoms with van der Waals surface area (Å²) in [5.74, 6) is 0.970. The summed E-state index contributed by atoms with van der Waals surface area (Å²) in [6, 6.07) is 8.50. The molecular weight excluding hydrogens is 322 g/mol. The van der Waals surface area contributed by atoms with Gasteiger partial charge in [-0.2, -0.15) is 0 Å². The molecule has 0 saturated heterocycles. The van der Waals surface area contributed by atoms with E-state index in [1.165, 1.54) is 44.3 Å². The minimum atomic E-state index is 0.779. The second kappa shape index (κ2) is 15.0. The molecule has 0 radical (unpaired) electrons. The minimum absolute atomic E-state index is 0.779. The maximum atomic E-state index is 5.79. The Morgan fingerprint density at radius 3 is 2.08 bits per heavy atom. The van der Waals surface area contributed by atoms with Crippen LogP contribution in [0.2, 0.25) is 0 Å². The molecule has 0 heterocycles. The molecule has 1 aromatic rings. The number of hydrogen-bond donors (Lipinski definition) is 1. The molecule has 1 N–H and O–H groups in total. The van der Waals surface area contributed by atoms with Gasteiger partial charge in [-0.25, -0.2) is 0 Å². The monoisotopic (exact) mass is 363 g/mol. The average Bonchev–Trinajstić information content (AvgIpc) is 2.64. The van der Waals surface area contributed by atoms with E-state index in [2.05, 4.69) is 67.3 Å². The molecule has 4 heteroatoms. The van der Waals surface area contributed by atoms with Gasteiger partial charge in [0.05, 0.1) is 6.61 Å². The van der Waals surface area contributed by atoms with Gasteiger partial charge in [-0.05, 0) is 64.1 Å². The largest absolute Gasteiger partial charge is 0.494 e. The lowest BCUT2D eigenvalue weighted by Gasteiger charge is -2.22. The Hall–Kier alpha value is -1.10. The maximum Gasteiger partial charge on any atom is 0.119 e. The maximum absolute atomic E-state index is 5.79. The molecule has 150 valence electrons. The fourth-order valence-corrected chi connectivity index (χ4v) is 2.84. The highest BCUT2D eigenvalue weighted by molar-refractivity contribution is 5.27. The molecule has 0 amide bonds. The zero-order valence-electron chi connectivity index (χ0n) is 17.6. The van der Waals surface area contributed by atoms with Gasteiger partial charge in [0.2, 0.25) is 0 Å². The molecule has 0 bridgehead atoms. The van der Waals surface area contributed by atoms with Crippen molar-refractivity contribution in [3.8, 4) is 5.75 Å². The van der Waals surface area contributed by atoms with Gasteiger partial charge < -0.3 is 19.9 Å². The number of rotatable bonds is 16. The highest BCUT2D eigenvalue weighted by Gasteiger charge is 2.03. The van der Waals surface area contributed by atoms with Crippen molar-refractivity contribution < 1.29 is 4.74 Å². The molecule has 0 aromatic heterocycles. The second-order valence-corrected chi connectivity index (χ2v) is 7.37. The van der Waals surface area contributed by atoms with Crippen LogP contribution in [0.4, 0.5) is 0 Å². The van der Waals surface area contributed by atoms with Gasteiger partial charge in [-0.1, -0.05) is 38.8 Å². The first kappa shape index (κ1) is 22.9. The van der Waals surface area contributed by atoms with Crippen molar-refractivity contribution in [3.05, 3.63) is 29.8 Å². The molecular formula is C22H41N3O. The van der Waals surface area contributed by atoms with Crippen molar-refractivity contribution in [1.29, 1.82) is 0 Å². The van der Waals surface area contributed by atoms with Gasteiger partial charge in [0, 0.05) is 26.2 Å². The number of nitrogens with one attached hydrogen (secondary N) is 1. The van der Waals surface area contributed by atoms with E-state index < -0.39 is 0 Å². The van der Waals surface area contributed by atoms with Crippen LogP contribution in [-0.4, -0.2) is 63.2 Å². The number of hydrogen-bond acceptors (Lipinski definition) is 4. The molecule has 0 fully saturated rings. The summed E-state index contributed by atoms with van der Waals surface area (Å²) in [5.41, 5.74) is 1.32. The Kier molecular flexibility index (Phi) is 13.2. The Balaban J connectivity index is 2.21. The second-order valence-electron chi connectivity index (χ2n) is 7.37. The van der Waals surface area contributed by atoms with Crippen molar-refractivity contribution in [2.24, 2.45) is 0 Å². The van der Waals surface area contributed by atoms with Crippen LogP contribution in [-0.2, 0) is 6.54 Å². The Labute approximate surface area is 161 Å². The van der Waals surface area contributed by atoms with Crippen LogP contribution < -0.4 is 10.1 Å². The zero-order valence-corrected chi connectivity index (χ0v) is 17.6. The lowest BCUT2D eigenvalue weighted by Crippen LogP contribution is -2.33. The van der Waals surface area contributed by atoms with E-state index in [9.17, 15) is 0 Å². The third-order valence-electron chi connectivity index (χ3n) is 4.53. The van der Waals surface area contributed by atoms with Crippen LogP contribution in [0.25, 0.3) is 0 Å². The Morgan fingerprint density at radius 2 is 1.50 bits per heavy atom. The Bertz CT molecular complexity index is 426. The van der Waals surface area contributed by atoms with Gasteiger partial charge in [0.25, 0.3) is 0 Å². The fourth-order valence-electron chi connectivity index (χ4n) is 2.84. The van der Waals surface area contributed by atoms with Crippen molar-refractivity contribution >= 4 is 0 Å². The molecule has 0 aliphatic rings. The summed E-state index contributed by atoms with van der Waals surface area (Å²) in [6.07, 6.45) is 6.22. The van der Waals surface area contributed by atoms with Crippen molar-refractivity contribution in [2.45, 2.75) is 52.5 Å². The minimum Gasteiger partial charge on any atom is -0.494 e. The average molecular weight is 364 g/mol. The van der Waals surface area contributed by atoms with Gasteiger partial charge in [-0.3, -0.25) is 0 Å². The first-order valence-electron chi connectivity index (χ1n) is 10.4. The van der Waals surface area contributed by atoms with Crippen LogP contribution in [0.3, 0.4) is 0 Å². The molecule has 1 rings (SSSR count). The first-order chi connectivity index (χ1) is 12.7. The van der Waals surface area contributed by atoms with E-state index in [0.29, 0.717) is 0 Å². The van der Waals surface area contributed by atoms with Crippen molar-refractivity contribution in [3.63, 3.8) is 0 Å². The summed E-state index contributed by atoms with van der Waals surface area (Å²) in [6.45, 7) is 12.0. The van der Waals surface area contributed by atoms with Crippen molar-refractivity contribution in [2.75, 3.05) is 53.4 Å². The van der Waals surface area contributed by atoms with Crippen LogP contribution in [0.5, 0.6) is 5.75 Å². The molecule has 1 aromatic carbocycles. The van der Waals surface area contributed by atoms with E-state index in [1.54, 1.807) is 0 Å². The fraction of sp³-hybridized carbons (Fsp3) is 0.727. The predicted molar refractivity (Wildman–Crippen MR) is 113 cm³/mol. The van der Waals surface area contributed by atoms with Crippen molar-refractivity contribution in [1.82, 2.24) is 15.1 Å². The SMILES string of the molecule is CCCCN(CCCC)CCNCc1ccc(OCCCN(C)C)cc1. The standard InChI is InChI=1S/C22H41N3O/c1-5-7-16-25(17-8-6-2)18-14-23-20-21-10-12-22(13-11-21)26-19-9-15-24(3)4/h10-13,23H,5-9,14-20H2,1-4H3. The van der Waals surface area contributed by atoms with Gasteiger partial charge in [0.15, 0.2) is 0 Å². The molecule has 0 atom stereocenters. The smallest absolute Gasteiger partial charge is 0.119 e. The highest BCUT2D eigenvalue weighted by atomic mass is 16.5. The third kappa shape index (κ3) is 11.5. The number of unbranched alkanes of at least 4 members (excludes halogenated alkanes) is 2. The normalized spacial score (nSPS) is 11.5. The van der Waals surface area contributed by atoms with Crippen LogP contribution in [0.15, 0.2) is 24.3 Å². The quantitative estimate of drug-likeness (QED) is 0.449. The van der Waals surface area contributed by atoms with E-state index in [1.807, 2.05) is 0 Å². The molecule has 0 saturated carbocycles. The lowest BCUT2D eigenvalue weighted by atomic mass is 10.2. The lowest BCUT2D eigenvalue weighted by molar-refractivity contribution is 0.264.